The van der Waals surface area contributed by atoms with E-state index in [9.17, 15) is 4.79 Å². The zero-order valence-corrected chi connectivity index (χ0v) is 9.40. The predicted molar refractivity (Wildman–Crippen MR) is 61.3 cm³/mol. The smallest absolute Gasteiger partial charge is 0.224 e. The Hall–Kier alpha value is -1.91. The Labute approximate surface area is 93.5 Å². The molecule has 84 valence electrons. The van der Waals surface area contributed by atoms with Crippen LogP contribution in [0.5, 0.6) is 0 Å². The second-order valence-electron chi connectivity index (χ2n) is 3.68. The molecule has 0 aliphatic rings. The van der Waals surface area contributed by atoms with Crippen molar-refractivity contribution in [2.45, 2.75) is 26.7 Å². The molecule has 5 heteroatoms. The summed E-state index contributed by atoms with van der Waals surface area (Å²) >= 11 is 0. The summed E-state index contributed by atoms with van der Waals surface area (Å²) in [6.45, 7) is 3.81. The van der Waals surface area contributed by atoms with Crippen molar-refractivity contribution in [3.8, 4) is 0 Å². The summed E-state index contributed by atoms with van der Waals surface area (Å²) in [5, 5.41) is 7.00. The standard InChI is InChI=1S/C11H14N4O/c1-3-4-11(16)13-9-5-6-10-12-8(2)14-15(10)7-9/h5-7H,3-4H2,1-2H3,(H,13,16). The van der Waals surface area contributed by atoms with Gasteiger partial charge < -0.3 is 5.32 Å². The molecule has 1 N–H and O–H groups in total. The first-order chi connectivity index (χ1) is 7.69. The van der Waals surface area contributed by atoms with Crippen molar-refractivity contribution in [1.29, 1.82) is 0 Å². The number of rotatable bonds is 3. The molecule has 0 spiro atoms. The molecular formula is C11H14N4O. The van der Waals surface area contributed by atoms with Crippen LogP contribution in [0, 0.1) is 6.92 Å². The van der Waals surface area contributed by atoms with Gasteiger partial charge in [-0.1, -0.05) is 6.92 Å². The summed E-state index contributed by atoms with van der Waals surface area (Å²) in [6.07, 6.45) is 3.15. The average molecular weight is 218 g/mol. The van der Waals surface area contributed by atoms with Gasteiger partial charge >= 0.3 is 0 Å². The summed E-state index contributed by atoms with van der Waals surface area (Å²) in [4.78, 5) is 15.6. The monoisotopic (exact) mass is 218 g/mol. The van der Waals surface area contributed by atoms with Gasteiger partial charge in [-0.15, -0.1) is 0 Å². The number of nitrogens with one attached hydrogen (secondary N) is 1. The highest BCUT2D eigenvalue weighted by atomic mass is 16.1. The van der Waals surface area contributed by atoms with E-state index in [-0.39, 0.29) is 5.91 Å². The molecule has 0 bridgehead atoms. The molecule has 0 aromatic carbocycles. The van der Waals surface area contributed by atoms with Gasteiger partial charge in [-0.25, -0.2) is 9.50 Å². The number of hydrogen-bond acceptors (Lipinski definition) is 3. The van der Waals surface area contributed by atoms with Gasteiger partial charge in [-0.05, 0) is 25.5 Å². The summed E-state index contributed by atoms with van der Waals surface area (Å²) in [6, 6.07) is 3.67. The summed E-state index contributed by atoms with van der Waals surface area (Å²) < 4.78 is 1.66. The fourth-order valence-corrected chi connectivity index (χ4v) is 1.52. The zero-order chi connectivity index (χ0) is 11.5. The van der Waals surface area contributed by atoms with Crippen LogP contribution in [0.2, 0.25) is 0 Å². The van der Waals surface area contributed by atoms with E-state index in [4.69, 9.17) is 0 Å². The maximum Gasteiger partial charge on any atom is 0.224 e. The van der Waals surface area contributed by atoms with E-state index in [1.54, 1.807) is 10.7 Å². The Balaban J connectivity index is 2.22. The third-order valence-corrected chi connectivity index (χ3v) is 2.20. The molecule has 5 nitrogen and oxygen atoms in total. The van der Waals surface area contributed by atoms with Crippen molar-refractivity contribution < 1.29 is 4.79 Å². The van der Waals surface area contributed by atoms with Crippen LogP contribution in [0.15, 0.2) is 18.3 Å². The summed E-state index contributed by atoms with van der Waals surface area (Å²) in [5.41, 5.74) is 1.53. The van der Waals surface area contributed by atoms with Crippen LogP contribution in [-0.2, 0) is 4.79 Å². The van der Waals surface area contributed by atoms with Gasteiger partial charge in [0.15, 0.2) is 5.65 Å². The summed E-state index contributed by atoms with van der Waals surface area (Å²) in [7, 11) is 0. The van der Waals surface area contributed by atoms with Gasteiger partial charge in [0.2, 0.25) is 5.91 Å². The molecule has 2 aromatic rings. The SMILES string of the molecule is CCCC(=O)Nc1ccc2nc(C)nn2c1. The molecule has 2 rings (SSSR count). The minimum Gasteiger partial charge on any atom is -0.325 e. The third-order valence-electron chi connectivity index (χ3n) is 2.20. The maximum absolute atomic E-state index is 11.4. The van der Waals surface area contributed by atoms with Crippen LogP contribution >= 0.6 is 0 Å². The van der Waals surface area contributed by atoms with Gasteiger partial charge in [0.25, 0.3) is 0 Å². The number of nitrogens with zero attached hydrogens (tertiary/aromatic N) is 3. The molecule has 0 aliphatic heterocycles. The quantitative estimate of drug-likeness (QED) is 0.854. The highest BCUT2D eigenvalue weighted by Gasteiger charge is 2.03. The number of pyridine rings is 1. The minimum absolute atomic E-state index is 0.0266. The van der Waals surface area contributed by atoms with Crippen LogP contribution in [-0.4, -0.2) is 20.5 Å². The molecule has 0 unspecified atom stereocenters. The second kappa shape index (κ2) is 4.30. The Bertz CT molecular complexity index is 518. The third kappa shape index (κ3) is 2.18. The molecule has 0 radical (unpaired) electrons. The van der Waals surface area contributed by atoms with E-state index in [1.807, 2.05) is 26.0 Å². The van der Waals surface area contributed by atoms with Crippen LogP contribution in [0.3, 0.4) is 0 Å². The molecule has 2 aromatic heterocycles. The van der Waals surface area contributed by atoms with Crippen molar-refractivity contribution in [3.05, 3.63) is 24.2 Å². The van der Waals surface area contributed by atoms with E-state index in [0.29, 0.717) is 6.42 Å². The fraction of sp³-hybridized carbons (Fsp3) is 0.364. The number of aryl methyl sites for hydroxylation is 1. The lowest BCUT2D eigenvalue weighted by Crippen LogP contribution is -2.11. The van der Waals surface area contributed by atoms with Crippen molar-refractivity contribution in [2.24, 2.45) is 0 Å². The first-order valence-corrected chi connectivity index (χ1v) is 5.32. The Morgan fingerprint density at radius 2 is 2.31 bits per heavy atom. The van der Waals surface area contributed by atoms with E-state index in [1.165, 1.54) is 0 Å². The van der Waals surface area contributed by atoms with E-state index in [0.717, 1.165) is 23.6 Å². The average Bonchev–Trinajstić information content (AvgIpc) is 2.57. The molecular weight excluding hydrogens is 204 g/mol. The van der Waals surface area contributed by atoms with Gasteiger partial charge in [0, 0.05) is 6.42 Å². The van der Waals surface area contributed by atoms with E-state index >= 15 is 0 Å². The van der Waals surface area contributed by atoms with Crippen LogP contribution in [0.1, 0.15) is 25.6 Å². The molecule has 1 amide bonds. The van der Waals surface area contributed by atoms with Crippen LogP contribution in [0.25, 0.3) is 5.65 Å². The predicted octanol–water partition coefficient (Wildman–Crippen LogP) is 1.78. The number of hydrogen-bond donors (Lipinski definition) is 1. The Kier molecular flexibility index (Phi) is 2.85. The molecule has 0 saturated carbocycles. The molecule has 0 aliphatic carbocycles. The largest absolute Gasteiger partial charge is 0.325 e. The number of anilines is 1. The lowest BCUT2D eigenvalue weighted by atomic mass is 10.3. The zero-order valence-electron chi connectivity index (χ0n) is 9.40. The second-order valence-corrected chi connectivity index (χ2v) is 3.68. The van der Waals surface area contributed by atoms with Gasteiger partial charge in [0.1, 0.15) is 5.82 Å². The van der Waals surface area contributed by atoms with Crippen molar-refractivity contribution in [3.63, 3.8) is 0 Å². The maximum atomic E-state index is 11.4. The summed E-state index contributed by atoms with van der Waals surface area (Å²) in [5.74, 6) is 0.746. The van der Waals surface area contributed by atoms with Crippen molar-refractivity contribution in [2.75, 3.05) is 5.32 Å². The normalized spacial score (nSPS) is 10.6. The molecule has 0 saturated heterocycles. The first-order valence-electron chi connectivity index (χ1n) is 5.32. The number of fused-ring (bicyclic) bond motifs is 1. The highest BCUT2D eigenvalue weighted by molar-refractivity contribution is 5.90. The van der Waals surface area contributed by atoms with Gasteiger partial charge in [-0.3, -0.25) is 4.79 Å². The van der Waals surface area contributed by atoms with Gasteiger partial charge in [0.05, 0.1) is 11.9 Å². The lowest BCUT2D eigenvalue weighted by molar-refractivity contribution is -0.116. The van der Waals surface area contributed by atoms with Gasteiger partial charge in [-0.2, -0.15) is 5.10 Å². The number of amides is 1. The number of carbonyl (C=O) groups is 1. The van der Waals surface area contributed by atoms with E-state index < -0.39 is 0 Å². The molecule has 0 fully saturated rings. The van der Waals surface area contributed by atoms with Crippen molar-refractivity contribution in [1.82, 2.24) is 14.6 Å². The van der Waals surface area contributed by atoms with Crippen LogP contribution in [0.4, 0.5) is 5.69 Å². The lowest BCUT2D eigenvalue weighted by Gasteiger charge is -2.03. The molecule has 16 heavy (non-hydrogen) atoms. The minimum atomic E-state index is 0.0266. The van der Waals surface area contributed by atoms with Crippen molar-refractivity contribution >= 4 is 17.2 Å². The number of carbonyl (C=O) groups excluding carboxylic acids is 1. The fourth-order valence-electron chi connectivity index (χ4n) is 1.52. The number of aromatic nitrogens is 3. The first kappa shape index (κ1) is 10.6. The Morgan fingerprint density at radius 3 is 3.06 bits per heavy atom. The van der Waals surface area contributed by atoms with Crippen LogP contribution < -0.4 is 5.32 Å². The van der Waals surface area contributed by atoms with E-state index in [2.05, 4.69) is 15.4 Å². The molecule has 2 heterocycles. The highest BCUT2D eigenvalue weighted by Crippen LogP contribution is 2.10. The topological polar surface area (TPSA) is 59.3 Å². The molecule has 0 atom stereocenters. The Morgan fingerprint density at radius 1 is 1.50 bits per heavy atom.